The van der Waals surface area contributed by atoms with Crippen molar-refractivity contribution < 1.29 is 71.3 Å². The van der Waals surface area contributed by atoms with Crippen molar-refractivity contribution >= 4 is 127 Å². The Hall–Kier alpha value is -12.4. The minimum absolute atomic E-state index is 0.0137. The molecule has 0 aliphatic rings. The van der Waals surface area contributed by atoms with Gasteiger partial charge in [-0.3, -0.25) is 24.0 Å². The average molecular weight is 1960 g/mol. The van der Waals surface area contributed by atoms with Gasteiger partial charge in [-0.1, -0.05) is 399 Å². The van der Waals surface area contributed by atoms with Gasteiger partial charge >= 0.3 is 0 Å². The molecule has 0 heterocycles. The van der Waals surface area contributed by atoms with Crippen LogP contribution in [0.25, 0.3) is 0 Å². The first-order valence-corrected chi connectivity index (χ1v) is 51.2. The van der Waals surface area contributed by atoms with Crippen LogP contribution in [-0.4, -0.2) is 101 Å². The fourth-order valence-corrected chi connectivity index (χ4v) is 22.0. The molecule has 0 aromatic heterocycles. The standard InChI is InChI=1S/C29H27O3P.C24H33O3P.C23H23O3P.2C22H21O3P/c1-31-21-32-29-26(17-23-12-6-3-7-13-23)18-24(16-22-10-4-2-5-11-22)19-28(29)33-27-15-9-8-14-25(27)20-30;1-16-9-10-20(17(11-16)14-25)28-21-13-18(23(2,3)4)12-19(24(5,6)7)22(21)27-15-26-8;1-17-8-6-12-20(15-24)23(17)27-21-13-7-11-19(22(21)26-16-25-2)14-18-9-4-3-5-10-18;1-24-16-25-22-18(14-17-8-3-2-4-9-17)11-7-13-21(22)26-20-12-6-5-10-19(20)15-23;1-24-16-25-20-12-11-18(13-17-7-3-2-4-8-17)14-22(20)26-21-10-6-5-9-19(21)15-23/h2-15,18-20,33H,16-17,21H2,1H3;9-14,28H,15H2,1-8H3;3-13,15,27H,14,16H2,1-2H3;2-13,15,26H,14,16H2,1H3;2-12,14-15,26H,13,16H2,1H3. The lowest BCUT2D eigenvalue weighted by atomic mass is 9.80. The zero-order chi connectivity index (χ0) is 99.4. The van der Waals surface area contributed by atoms with Gasteiger partial charge in [-0.25, -0.2) is 0 Å². The van der Waals surface area contributed by atoms with E-state index in [1.54, 1.807) is 35.5 Å². The molecule has 15 aromatic carbocycles. The van der Waals surface area contributed by atoms with Crippen molar-refractivity contribution in [2.75, 3.05) is 69.5 Å². The van der Waals surface area contributed by atoms with Gasteiger partial charge in [0.05, 0.1) is 0 Å². The molecule has 15 rings (SSSR count). The highest BCUT2D eigenvalue weighted by Crippen LogP contribution is 2.39. The Morgan fingerprint density at radius 3 is 1.02 bits per heavy atom. The van der Waals surface area contributed by atoms with Crippen molar-refractivity contribution in [1.29, 1.82) is 0 Å². The average Bonchev–Trinajstić information content (AvgIpc) is 0.748. The summed E-state index contributed by atoms with van der Waals surface area (Å²) in [5, 5.41) is 10.6. The number of carbonyl (C=O) groups excluding carboxylic acids is 5. The van der Waals surface area contributed by atoms with E-state index in [9.17, 15) is 24.0 Å². The van der Waals surface area contributed by atoms with E-state index in [0.29, 0.717) is 48.5 Å². The van der Waals surface area contributed by atoms with E-state index in [-0.39, 0.29) is 44.8 Å². The lowest BCUT2D eigenvalue weighted by Gasteiger charge is -2.29. The highest BCUT2D eigenvalue weighted by atomic mass is 31.1. The number of aldehydes is 5. The quantitative estimate of drug-likeness (QED) is 0.0201. The first-order chi connectivity index (χ1) is 68.1. The van der Waals surface area contributed by atoms with Crippen molar-refractivity contribution in [1.82, 2.24) is 0 Å². The predicted octanol–water partition coefficient (Wildman–Crippen LogP) is 21.7. The van der Waals surface area contributed by atoms with Crippen LogP contribution in [0.3, 0.4) is 0 Å². The van der Waals surface area contributed by atoms with Crippen molar-refractivity contribution in [3.05, 3.63) is 445 Å². The number of hydrogen-bond donors (Lipinski definition) is 0. The SMILES string of the molecule is COCOc1c(Cc2ccccc2)cc(Cc2ccccc2)cc1Pc1ccccc1C=O.COCOc1c(Cc2ccccc2)cccc1Pc1c(C)cccc1C=O.COCOc1c(Cc2ccccc2)cccc1Pc1ccccc1C=O.COCOc1c(Pc2ccc(C)cc2C=O)cc(C(C)(C)C)cc1C(C)(C)C.COCOc1ccc(Cc2ccccc2)cc1Pc1ccccc1C=O. The molecule has 0 saturated heterocycles. The minimum Gasteiger partial charge on any atom is -0.467 e. The topological polar surface area (TPSA) is 178 Å². The summed E-state index contributed by atoms with van der Waals surface area (Å²) < 4.78 is 55.6. The second-order valence-corrected chi connectivity index (χ2v) is 41.7. The van der Waals surface area contributed by atoms with Gasteiger partial charge in [0.15, 0.2) is 65.4 Å². The smallest absolute Gasteiger partial charge is 0.188 e. The summed E-state index contributed by atoms with van der Waals surface area (Å²) in [6.45, 7) is 18.3. The maximum atomic E-state index is 11.6. The third-order valence-corrected chi connectivity index (χ3v) is 29.5. The fraction of sp³-hybridized carbons (Fsp3) is 0.208. The monoisotopic (exact) mass is 1960 g/mol. The zero-order valence-electron chi connectivity index (χ0n) is 81.9. The van der Waals surface area contributed by atoms with Crippen LogP contribution in [-0.2, 0) is 66.6 Å². The maximum Gasteiger partial charge on any atom is 0.188 e. The molecule has 0 amide bonds. The second kappa shape index (κ2) is 56.7. The number of benzene rings is 15. The predicted molar refractivity (Wildman–Crippen MR) is 585 cm³/mol. The van der Waals surface area contributed by atoms with E-state index in [4.69, 9.17) is 47.4 Å². The van der Waals surface area contributed by atoms with E-state index < -0.39 is 0 Å². The van der Waals surface area contributed by atoms with Gasteiger partial charge in [0.2, 0.25) is 0 Å². The molecule has 720 valence electrons. The lowest BCUT2D eigenvalue weighted by Crippen LogP contribution is -2.24. The van der Waals surface area contributed by atoms with Crippen LogP contribution < -0.4 is 76.7 Å². The number of carbonyl (C=O) groups is 5. The largest absolute Gasteiger partial charge is 0.467 e. The van der Waals surface area contributed by atoms with Crippen LogP contribution in [0.15, 0.2) is 340 Å². The maximum absolute atomic E-state index is 11.6. The van der Waals surface area contributed by atoms with E-state index in [1.165, 1.54) is 50.1 Å². The summed E-state index contributed by atoms with van der Waals surface area (Å²) in [7, 11) is 9.73. The Morgan fingerprint density at radius 1 is 0.243 bits per heavy atom. The van der Waals surface area contributed by atoms with Crippen LogP contribution in [0, 0.1) is 13.8 Å². The highest BCUT2D eigenvalue weighted by molar-refractivity contribution is 7.57. The summed E-state index contributed by atoms with van der Waals surface area (Å²) in [5.74, 6) is 4.20. The fourth-order valence-electron chi connectivity index (χ4n) is 15.4. The van der Waals surface area contributed by atoms with Crippen molar-refractivity contribution in [3.63, 3.8) is 0 Å². The number of methoxy groups -OCH3 is 5. The van der Waals surface area contributed by atoms with Gasteiger partial charge in [0.25, 0.3) is 0 Å². The Bertz CT molecular complexity index is 6420. The Labute approximate surface area is 835 Å². The van der Waals surface area contributed by atoms with E-state index in [1.807, 2.05) is 190 Å². The molecule has 140 heavy (non-hydrogen) atoms. The summed E-state index contributed by atoms with van der Waals surface area (Å²) >= 11 is 0. The molecule has 0 fully saturated rings. The molecule has 0 bridgehead atoms. The van der Waals surface area contributed by atoms with Gasteiger partial charge < -0.3 is 47.4 Å². The lowest BCUT2D eigenvalue weighted by molar-refractivity contribution is 0.0505. The molecule has 20 heteroatoms. The van der Waals surface area contributed by atoms with Gasteiger partial charge in [-0.2, -0.15) is 0 Å². The summed E-state index contributed by atoms with van der Waals surface area (Å²) in [6.07, 6.45) is 8.64. The molecule has 15 aromatic rings. The summed E-state index contributed by atoms with van der Waals surface area (Å²) in [5.41, 5.74) is 20.2. The number of rotatable bonds is 40. The molecule has 0 N–H and O–H groups in total. The molecule has 15 nitrogen and oxygen atoms in total. The Kier molecular flexibility index (Phi) is 43.8. The molecule has 0 spiro atoms. The summed E-state index contributed by atoms with van der Waals surface area (Å²) in [6, 6.07) is 114. The van der Waals surface area contributed by atoms with Crippen LogP contribution in [0.5, 0.6) is 28.7 Å². The molecule has 0 aliphatic carbocycles. The van der Waals surface area contributed by atoms with Gasteiger partial charge in [0.1, 0.15) is 28.7 Å². The van der Waals surface area contributed by atoms with E-state index in [0.717, 1.165) is 195 Å². The number of para-hydroxylation sites is 2. The van der Waals surface area contributed by atoms with Crippen molar-refractivity contribution in [2.24, 2.45) is 0 Å². The van der Waals surface area contributed by atoms with Crippen LogP contribution >= 0.6 is 42.9 Å². The first kappa shape index (κ1) is 108. The van der Waals surface area contributed by atoms with E-state index in [2.05, 4.69) is 205 Å². The first-order valence-electron chi connectivity index (χ1n) is 46.2. The molecule has 5 atom stereocenters. The van der Waals surface area contributed by atoms with Gasteiger partial charge in [-0.15, -0.1) is 0 Å². The van der Waals surface area contributed by atoms with Crippen molar-refractivity contribution in [2.45, 2.75) is 98.3 Å². The Balaban J connectivity index is 0.000000168. The number of aryl methyl sites for hydroxylation is 2. The minimum atomic E-state index is -0.0790. The second-order valence-electron chi connectivity index (χ2n) is 35.1. The zero-order valence-corrected chi connectivity index (χ0v) is 86.9. The Morgan fingerprint density at radius 2 is 0.586 bits per heavy atom. The number of ether oxygens (including phenoxy) is 10. The van der Waals surface area contributed by atoms with Crippen LogP contribution in [0.1, 0.15) is 171 Å². The third-order valence-electron chi connectivity index (χ3n) is 22.4. The van der Waals surface area contributed by atoms with Gasteiger partial charge in [-0.05, 0) is 161 Å². The molecule has 0 saturated carbocycles. The van der Waals surface area contributed by atoms with Gasteiger partial charge in [0, 0.05) is 115 Å². The molecular weight excluding hydrogens is 1840 g/mol. The van der Waals surface area contributed by atoms with Crippen molar-refractivity contribution in [3.8, 4) is 28.7 Å². The molecule has 0 radical (unpaired) electrons. The van der Waals surface area contributed by atoms with Crippen LogP contribution in [0.2, 0.25) is 0 Å². The number of hydrogen-bond acceptors (Lipinski definition) is 15. The molecular formula is C120H125O15P5. The van der Waals surface area contributed by atoms with E-state index >= 15 is 0 Å². The summed E-state index contributed by atoms with van der Waals surface area (Å²) in [4.78, 5) is 57.4. The molecule has 0 aliphatic heterocycles. The molecule has 5 unspecified atom stereocenters. The normalized spacial score (nSPS) is 11.3. The van der Waals surface area contributed by atoms with Crippen LogP contribution in [0.4, 0.5) is 0 Å². The third kappa shape index (κ3) is 33.1. The highest BCUT2D eigenvalue weighted by Gasteiger charge is 2.28.